The SMILES string of the molecule is CC(O[Si](C)(C)C(C)(C)C)c1cc(NC2(c3ccc(C(F)(F)F)c(F)c3)CC2)n2ncnc2c1. The van der Waals surface area contributed by atoms with Crippen molar-refractivity contribution in [1.82, 2.24) is 14.6 Å². The molecule has 0 radical (unpaired) electrons. The first kappa shape index (κ1) is 24.7. The Bertz CT molecular complexity index is 1210. The van der Waals surface area contributed by atoms with Crippen molar-refractivity contribution in [1.29, 1.82) is 0 Å². The van der Waals surface area contributed by atoms with Crippen LogP contribution in [0.4, 0.5) is 23.4 Å². The Kier molecular flexibility index (Phi) is 5.84. The lowest BCUT2D eigenvalue weighted by molar-refractivity contribution is -0.140. The average molecular weight is 495 g/mol. The van der Waals surface area contributed by atoms with Crippen LogP contribution in [0.1, 0.15) is 63.3 Å². The second-order valence-corrected chi connectivity index (χ2v) is 15.4. The van der Waals surface area contributed by atoms with E-state index in [-0.39, 0.29) is 11.1 Å². The summed E-state index contributed by atoms with van der Waals surface area (Å²) in [5.74, 6) is -0.636. The number of pyridine rings is 1. The fourth-order valence-corrected chi connectivity index (χ4v) is 5.23. The van der Waals surface area contributed by atoms with E-state index in [1.807, 2.05) is 19.1 Å². The van der Waals surface area contributed by atoms with Gasteiger partial charge in [0.05, 0.1) is 17.2 Å². The van der Waals surface area contributed by atoms with Crippen LogP contribution in [0.5, 0.6) is 0 Å². The monoisotopic (exact) mass is 494 g/mol. The van der Waals surface area contributed by atoms with Crippen molar-refractivity contribution in [2.75, 3.05) is 5.32 Å². The summed E-state index contributed by atoms with van der Waals surface area (Å²) in [6.45, 7) is 12.9. The predicted octanol–water partition coefficient (Wildman–Crippen LogP) is 7.07. The molecule has 5 nitrogen and oxygen atoms in total. The molecule has 1 unspecified atom stereocenters. The van der Waals surface area contributed by atoms with E-state index in [1.54, 1.807) is 4.52 Å². The van der Waals surface area contributed by atoms with Gasteiger partial charge in [-0.15, -0.1) is 0 Å². The molecule has 0 bridgehead atoms. The van der Waals surface area contributed by atoms with Gasteiger partial charge in [0.25, 0.3) is 0 Å². The zero-order valence-corrected chi connectivity index (χ0v) is 21.2. The van der Waals surface area contributed by atoms with Crippen LogP contribution in [-0.2, 0) is 16.1 Å². The maximum atomic E-state index is 14.3. The van der Waals surface area contributed by atoms with Gasteiger partial charge in [0.2, 0.25) is 0 Å². The number of anilines is 1. The number of aromatic nitrogens is 3. The van der Waals surface area contributed by atoms with Gasteiger partial charge in [-0.3, -0.25) is 0 Å². The lowest BCUT2D eigenvalue weighted by Crippen LogP contribution is -2.41. The normalized spacial score (nSPS) is 17.1. The predicted molar refractivity (Wildman–Crippen MR) is 126 cm³/mol. The molecule has 1 aliphatic carbocycles. The zero-order valence-electron chi connectivity index (χ0n) is 20.2. The highest BCUT2D eigenvalue weighted by Crippen LogP contribution is 2.49. The van der Waals surface area contributed by atoms with Crippen molar-refractivity contribution in [3.05, 3.63) is 59.2 Å². The van der Waals surface area contributed by atoms with E-state index in [0.29, 0.717) is 29.9 Å². The number of hydrogen-bond acceptors (Lipinski definition) is 4. The zero-order chi connectivity index (χ0) is 25.1. The van der Waals surface area contributed by atoms with Gasteiger partial charge in [0.15, 0.2) is 14.0 Å². The topological polar surface area (TPSA) is 51.5 Å². The minimum Gasteiger partial charge on any atom is -0.410 e. The first-order valence-electron chi connectivity index (χ1n) is 11.3. The molecule has 1 atom stereocenters. The third-order valence-corrected chi connectivity index (χ3v) is 11.6. The van der Waals surface area contributed by atoms with E-state index in [9.17, 15) is 17.6 Å². The number of alkyl halides is 3. The number of benzene rings is 1. The smallest absolute Gasteiger partial charge is 0.410 e. The summed E-state index contributed by atoms with van der Waals surface area (Å²) in [4.78, 5) is 4.33. The molecule has 1 aromatic carbocycles. The van der Waals surface area contributed by atoms with Crippen molar-refractivity contribution in [3.63, 3.8) is 0 Å². The third kappa shape index (κ3) is 4.57. The van der Waals surface area contributed by atoms with Crippen LogP contribution in [0.3, 0.4) is 0 Å². The summed E-state index contributed by atoms with van der Waals surface area (Å²) in [5.41, 5.74) is 0.0975. The molecule has 1 aliphatic rings. The highest BCUT2D eigenvalue weighted by atomic mass is 28.4. The summed E-state index contributed by atoms with van der Waals surface area (Å²) >= 11 is 0. The van der Waals surface area contributed by atoms with Crippen molar-refractivity contribution in [3.8, 4) is 0 Å². The number of nitrogens with one attached hydrogen (secondary N) is 1. The Morgan fingerprint density at radius 2 is 1.79 bits per heavy atom. The van der Waals surface area contributed by atoms with Crippen LogP contribution in [0.15, 0.2) is 36.7 Å². The molecular formula is C24H30F4N4OSi. The standard InChI is InChI=1S/C24H30F4N4OSi/c1-15(33-34(5,6)22(2,3)4)16-11-20-29-14-30-32(20)21(12-16)31-23(9-10-23)17-7-8-18(19(25)13-17)24(26,27)28/h7-8,11-15,31H,9-10H2,1-6H3. The van der Waals surface area contributed by atoms with E-state index < -0.39 is 31.4 Å². The highest BCUT2D eigenvalue weighted by Gasteiger charge is 2.46. The van der Waals surface area contributed by atoms with Crippen molar-refractivity contribution in [2.24, 2.45) is 0 Å². The minimum absolute atomic E-state index is 0.0476. The van der Waals surface area contributed by atoms with E-state index >= 15 is 0 Å². The molecule has 3 aromatic rings. The molecule has 0 aliphatic heterocycles. The minimum atomic E-state index is -4.73. The quantitative estimate of drug-likeness (QED) is 0.294. The Labute approximate surface area is 197 Å². The fraction of sp³-hybridized carbons (Fsp3) is 0.500. The van der Waals surface area contributed by atoms with Crippen LogP contribution in [0, 0.1) is 5.82 Å². The van der Waals surface area contributed by atoms with Gasteiger partial charge >= 0.3 is 6.18 Å². The number of rotatable bonds is 6. The number of hydrogen-bond donors (Lipinski definition) is 1. The van der Waals surface area contributed by atoms with Crippen LogP contribution < -0.4 is 5.32 Å². The summed E-state index contributed by atoms with van der Waals surface area (Å²) in [6, 6.07) is 6.99. The average Bonchev–Trinajstić information content (AvgIpc) is 3.32. The van der Waals surface area contributed by atoms with Gasteiger partial charge < -0.3 is 9.74 Å². The van der Waals surface area contributed by atoms with Crippen molar-refractivity contribution >= 4 is 19.8 Å². The Morgan fingerprint density at radius 1 is 1.12 bits per heavy atom. The van der Waals surface area contributed by atoms with Crippen molar-refractivity contribution < 1.29 is 22.0 Å². The molecule has 0 amide bonds. The molecule has 2 heterocycles. The van der Waals surface area contributed by atoms with Crippen LogP contribution in [0.25, 0.3) is 5.65 Å². The van der Waals surface area contributed by atoms with Gasteiger partial charge in [-0.05, 0) is 73.3 Å². The third-order valence-electron chi connectivity index (χ3n) is 7.09. The fourth-order valence-electron chi connectivity index (χ4n) is 3.85. The molecule has 2 aromatic heterocycles. The Hall–Kier alpha value is -2.46. The van der Waals surface area contributed by atoms with Crippen LogP contribution in [-0.4, -0.2) is 22.9 Å². The summed E-state index contributed by atoms with van der Waals surface area (Å²) in [5, 5.41) is 7.76. The number of halogens is 4. The van der Waals surface area contributed by atoms with Gasteiger partial charge in [0, 0.05) is 0 Å². The van der Waals surface area contributed by atoms with Gasteiger partial charge in [-0.2, -0.15) is 22.8 Å². The molecule has 10 heteroatoms. The highest BCUT2D eigenvalue weighted by molar-refractivity contribution is 6.74. The van der Waals surface area contributed by atoms with Crippen LogP contribution in [0.2, 0.25) is 18.1 Å². The Morgan fingerprint density at radius 3 is 2.35 bits per heavy atom. The lowest BCUT2D eigenvalue weighted by Gasteiger charge is -2.38. The first-order chi connectivity index (χ1) is 15.6. The van der Waals surface area contributed by atoms with Crippen LogP contribution >= 0.6 is 0 Å². The van der Waals surface area contributed by atoms with E-state index in [2.05, 4.69) is 49.3 Å². The largest absolute Gasteiger partial charge is 0.419 e. The van der Waals surface area contributed by atoms with E-state index in [1.165, 1.54) is 12.4 Å². The maximum Gasteiger partial charge on any atom is 0.419 e. The first-order valence-corrected chi connectivity index (χ1v) is 14.2. The van der Waals surface area contributed by atoms with Gasteiger partial charge in [0.1, 0.15) is 18.0 Å². The van der Waals surface area contributed by atoms with E-state index in [0.717, 1.165) is 17.7 Å². The van der Waals surface area contributed by atoms with Gasteiger partial charge in [-0.1, -0.05) is 26.8 Å². The number of nitrogens with zero attached hydrogens (tertiary/aromatic N) is 3. The molecule has 0 saturated heterocycles. The second-order valence-electron chi connectivity index (χ2n) is 10.6. The molecule has 4 rings (SSSR count). The molecule has 1 N–H and O–H groups in total. The van der Waals surface area contributed by atoms with Gasteiger partial charge in [-0.25, -0.2) is 9.37 Å². The molecule has 34 heavy (non-hydrogen) atoms. The number of fused-ring (bicyclic) bond motifs is 1. The summed E-state index contributed by atoms with van der Waals surface area (Å²) < 4.78 is 61.5. The molecule has 1 fully saturated rings. The summed E-state index contributed by atoms with van der Waals surface area (Å²) in [6.07, 6.45) is -2.15. The molecular weight excluding hydrogens is 464 g/mol. The maximum absolute atomic E-state index is 14.3. The molecule has 184 valence electrons. The lowest BCUT2D eigenvalue weighted by atomic mass is 10.0. The van der Waals surface area contributed by atoms with E-state index in [4.69, 9.17) is 4.43 Å². The Balaban J connectivity index is 1.66. The molecule has 0 spiro atoms. The summed E-state index contributed by atoms with van der Waals surface area (Å²) in [7, 11) is -2.03. The van der Waals surface area contributed by atoms with Crippen molar-refractivity contribution in [2.45, 2.75) is 76.5 Å². The second kappa shape index (κ2) is 8.05. The molecule has 1 saturated carbocycles.